The first kappa shape index (κ1) is 23.7. The number of carbonyl (C=O) groups is 2. The van der Waals surface area contributed by atoms with Gasteiger partial charge in [-0.1, -0.05) is 55.8 Å². The Kier molecular flexibility index (Phi) is 7.35. The number of halogens is 1. The van der Waals surface area contributed by atoms with E-state index in [1.54, 1.807) is 22.3 Å². The van der Waals surface area contributed by atoms with Gasteiger partial charge in [0.05, 0.1) is 11.6 Å². The van der Waals surface area contributed by atoms with Crippen molar-refractivity contribution < 1.29 is 9.59 Å². The predicted molar refractivity (Wildman–Crippen MR) is 138 cm³/mol. The van der Waals surface area contributed by atoms with E-state index in [2.05, 4.69) is 72.4 Å². The number of hydrogen-bond donors (Lipinski definition) is 0. The third-order valence-corrected chi connectivity index (χ3v) is 7.67. The normalized spacial score (nSPS) is 15.4. The van der Waals surface area contributed by atoms with Gasteiger partial charge in [0.25, 0.3) is 5.91 Å². The van der Waals surface area contributed by atoms with Gasteiger partial charge in [0, 0.05) is 22.4 Å². The minimum absolute atomic E-state index is 0.0153. The van der Waals surface area contributed by atoms with E-state index in [0.29, 0.717) is 18.7 Å². The summed E-state index contributed by atoms with van der Waals surface area (Å²) in [5, 5.41) is 2.11. The van der Waals surface area contributed by atoms with E-state index in [0.717, 1.165) is 16.5 Å². The largest absolute Gasteiger partial charge is 0.330 e. The van der Waals surface area contributed by atoms with E-state index in [1.807, 2.05) is 23.1 Å². The molecule has 0 fully saturated rings. The van der Waals surface area contributed by atoms with Crippen LogP contribution in [0.1, 0.15) is 51.8 Å². The summed E-state index contributed by atoms with van der Waals surface area (Å²) in [6.07, 6.45) is 0.851. The van der Waals surface area contributed by atoms with Crippen LogP contribution in [-0.2, 0) is 11.2 Å². The second-order valence-corrected chi connectivity index (χ2v) is 10.9. The fourth-order valence-electron chi connectivity index (χ4n) is 4.41. The molecule has 3 aromatic rings. The first-order chi connectivity index (χ1) is 15.8. The number of hydrogen-bond acceptors (Lipinski definition) is 3. The molecule has 4 nitrogen and oxygen atoms in total. The molecule has 0 aliphatic carbocycles. The fraction of sp³-hybridized carbons (Fsp3) is 0.333. The Morgan fingerprint density at radius 3 is 2.55 bits per heavy atom. The Labute approximate surface area is 208 Å². The highest BCUT2D eigenvalue weighted by Crippen LogP contribution is 2.38. The maximum atomic E-state index is 13.7. The lowest BCUT2D eigenvalue weighted by molar-refractivity contribution is -0.134. The van der Waals surface area contributed by atoms with Gasteiger partial charge in [0.1, 0.15) is 6.54 Å². The first-order valence-corrected chi connectivity index (χ1v) is 13.0. The molecule has 0 saturated heterocycles. The molecule has 1 aliphatic rings. The van der Waals surface area contributed by atoms with Crippen LogP contribution in [0.25, 0.3) is 0 Å². The fourth-order valence-corrected chi connectivity index (χ4v) is 5.77. The first-order valence-electron chi connectivity index (χ1n) is 11.3. The molecule has 2 amide bonds. The predicted octanol–water partition coefficient (Wildman–Crippen LogP) is 6.09. The number of thiophene rings is 1. The standard InChI is InChI=1S/C27H29BrN2O2S/c1-18(2)16-29(27(32)21-6-4-5-7-23(21)28)17-25(31)30-14-12-24-22(13-15-33-24)26(30)20-10-8-19(3)9-11-20/h4-11,13,15,18,26H,12,14,16-17H2,1-3H3. The third-order valence-electron chi connectivity index (χ3n) is 5.98. The molecule has 2 heterocycles. The molecule has 1 aromatic heterocycles. The van der Waals surface area contributed by atoms with Crippen molar-refractivity contribution in [1.29, 1.82) is 0 Å². The highest BCUT2D eigenvalue weighted by molar-refractivity contribution is 9.10. The van der Waals surface area contributed by atoms with Crippen LogP contribution in [0, 0.1) is 12.8 Å². The zero-order chi connectivity index (χ0) is 23.5. The van der Waals surface area contributed by atoms with Crippen molar-refractivity contribution >= 4 is 39.1 Å². The molecule has 172 valence electrons. The summed E-state index contributed by atoms with van der Waals surface area (Å²) in [4.78, 5) is 32.1. The van der Waals surface area contributed by atoms with E-state index in [1.165, 1.54) is 16.0 Å². The highest BCUT2D eigenvalue weighted by Gasteiger charge is 2.34. The Hall–Kier alpha value is -2.44. The van der Waals surface area contributed by atoms with Gasteiger partial charge >= 0.3 is 0 Å². The Balaban J connectivity index is 1.63. The number of aryl methyl sites for hydroxylation is 1. The summed E-state index contributed by atoms with van der Waals surface area (Å²) in [6.45, 7) is 7.46. The summed E-state index contributed by atoms with van der Waals surface area (Å²) in [6, 6.07) is 17.9. The average molecular weight is 526 g/mol. The molecule has 0 spiro atoms. The molecule has 33 heavy (non-hydrogen) atoms. The van der Waals surface area contributed by atoms with Crippen LogP contribution in [0.5, 0.6) is 0 Å². The number of rotatable bonds is 6. The minimum Gasteiger partial charge on any atom is -0.330 e. The van der Waals surface area contributed by atoms with Gasteiger partial charge in [-0.2, -0.15) is 0 Å². The van der Waals surface area contributed by atoms with Crippen molar-refractivity contribution in [2.45, 2.75) is 33.2 Å². The van der Waals surface area contributed by atoms with Gasteiger partial charge < -0.3 is 9.80 Å². The monoisotopic (exact) mass is 524 g/mol. The van der Waals surface area contributed by atoms with Crippen LogP contribution in [0.15, 0.2) is 64.5 Å². The van der Waals surface area contributed by atoms with E-state index in [-0.39, 0.29) is 30.3 Å². The maximum absolute atomic E-state index is 13.7. The molecule has 2 aromatic carbocycles. The van der Waals surface area contributed by atoms with Crippen LogP contribution in [0.3, 0.4) is 0 Å². The topological polar surface area (TPSA) is 40.6 Å². The second-order valence-electron chi connectivity index (χ2n) is 9.01. The lowest BCUT2D eigenvalue weighted by Crippen LogP contribution is -2.47. The van der Waals surface area contributed by atoms with E-state index >= 15 is 0 Å². The Morgan fingerprint density at radius 2 is 1.85 bits per heavy atom. The van der Waals surface area contributed by atoms with Crippen molar-refractivity contribution in [2.75, 3.05) is 19.6 Å². The Bertz CT molecular complexity index is 1140. The summed E-state index contributed by atoms with van der Waals surface area (Å²) >= 11 is 5.25. The van der Waals surface area contributed by atoms with Gasteiger partial charge in [-0.25, -0.2) is 0 Å². The smallest absolute Gasteiger partial charge is 0.255 e. The highest BCUT2D eigenvalue weighted by atomic mass is 79.9. The minimum atomic E-state index is -0.121. The SMILES string of the molecule is Cc1ccc(C2c3ccsc3CCN2C(=O)CN(CC(C)C)C(=O)c2ccccc2Br)cc1. The molecule has 1 aliphatic heterocycles. The van der Waals surface area contributed by atoms with Gasteiger partial charge in [0.15, 0.2) is 0 Å². The molecule has 6 heteroatoms. The Morgan fingerprint density at radius 1 is 1.12 bits per heavy atom. The van der Waals surface area contributed by atoms with Gasteiger partial charge in [0.2, 0.25) is 5.91 Å². The average Bonchev–Trinajstić information content (AvgIpc) is 3.27. The van der Waals surface area contributed by atoms with E-state index < -0.39 is 0 Å². The lowest BCUT2D eigenvalue weighted by atomic mass is 9.92. The van der Waals surface area contributed by atoms with Crippen molar-refractivity contribution in [3.05, 3.63) is 91.6 Å². The van der Waals surface area contributed by atoms with Crippen LogP contribution < -0.4 is 0 Å². The number of carbonyl (C=O) groups excluding carboxylic acids is 2. The van der Waals surface area contributed by atoms with Crippen LogP contribution in [0.4, 0.5) is 0 Å². The van der Waals surface area contributed by atoms with Crippen LogP contribution >= 0.6 is 27.3 Å². The number of nitrogens with zero attached hydrogens (tertiary/aromatic N) is 2. The summed E-state index contributed by atoms with van der Waals surface area (Å²) in [5.41, 5.74) is 4.09. The van der Waals surface area contributed by atoms with Gasteiger partial charge in [-0.05, 0) is 69.9 Å². The molecule has 0 radical (unpaired) electrons. The van der Waals surface area contributed by atoms with E-state index in [9.17, 15) is 9.59 Å². The van der Waals surface area contributed by atoms with Crippen molar-refractivity contribution in [3.63, 3.8) is 0 Å². The third kappa shape index (κ3) is 5.22. The number of fused-ring (bicyclic) bond motifs is 1. The molecule has 1 unspecified atom stereocenters. The zero-order valence-corrected chi connectivity index (χ0v) is 21.7. The van der Waals surface area contributed by atoms with E-state index in [4.69, 9.17) is 0 Å². The molecular weight excluding hydrogens is 496 g/mol. The summed E-state index contributed by atoms with van der Waals surface area (Å²) in [5.74, 6) is 0.116. The second kappa shape index (κ2) is 10.2. The zero-order valence-electron chi connectivity index (χ0n) is 19.3. The summed E-state index contributed by atoms with van der Waals surface area (Å²) < 4.78 is 0.745. The van der Waals surface area contributed by atoms with Crippen LogP contribution in [0.2, 0.25) is 0 Å². The van der Waals surface area contributed by atoms with Crippen molar-refractivity contribution in [2.24, 2.45) is 5.92 Å². The molecule has 0 saturated carbocycles. The van der Waals surface area contributed by atoms with Crippen molar-refractivity contribution in [3.8, 4) is 0 Å². The number of amides is 2. The lowest BCUT2D eigenvalue weighted by Gasteiger charge is -2.38. The molecule has 0 N–H and O–H groups in total. The quantitative estimate of drug-likeness (QED) is 0.391. The van der Waals surface area contributed by atoms with Crippen molar-refractivity contribution in [1.82, 2.24) is 9.80 Å². The number of benzene rings is 2. The molecule has 0 bridgehead atoms. The molecule has 1 atom stereocenters. The summed E-state index contributed by atoms with van der Waals surface area (Å²) in [7, 11) is 0. The van der Waals surface area contributed by atoms with Gasteiger partial charge in [-0.3, -0.25) is 9.59 Å². The molecular formula is C27H29BrN2O2S. The molecule has 4 rings (SSSR count). The van der Waals surface area contributed by atoms with Crippen LogP contribution in [-0.4, -0.2) is 41.2 Å². The maximum Gasteiger partial charge on any atom is 0.255 e. The van der Waals surface area contributed by atoms with Gasteiger partial charge in [-0.15, -0.1) is 11.3 Å².